The summed E-state index contributed by atoms with van der Waals surface area (Å²) in [6.07, 6.45) is 0. The third kappa shape index (κ3) is 3.53. The lowest BCUT2D eigenvalue weighted by atomic mass is 10.1. The number of nitrogens with zero attached hydrogens (tertiary/aromatic N) is 2. The van der Waals surface area contributed by atoms with Crippen molar-refractivity contribution in [1.82, 2.24) is 24.8 Å². The molecular weight excluding hydrogens is 374 g/mol. The summed E-state index contributed by atoms with van der Waals surface area (Å²) >= 11 is 0. The highest BCUT2D eigenvalue weighted by Crippen LogP contribution is 2.28. The Morgan fingerprint density at radius 3 is 2.53 bits per heavy atom. The third-order valence-electron chi connectivity index (χ3n) is 5.32. The van der Waals surface area contributed by atoms with Crippen LogP contribution in [0.15, 0.2) is 65.5 Å². The highest BCUT2D eigenvalue weighted by atomic mass is 16.1. The van der Waals surface area contributed by atoms with Gasteiger partial charge in [0.25, 0.3) is 0 Å². The van der Waals surface area contributed by atoms with Crippen LogP contribution in [0.5, 0.6) is 0 Å². The standard InChI is InChI=1S/C24H23N5O/c1-15-25-23-19(12-22(30)28-24(23)26-15)21-11-18-10-17(8-9-20(18)27-21)14-29(2)13-16-6-4-3-5-7-16/h3-12,27H,13-14H2,1-2H3,(H2,25,26,28,30). The van der Waals surface area contributed by atoms with Gasteiger partial charge in [-0.3, -0.25) is 9.69 Å². The summed E-state index contributed by atoms with van der Waals surface area (Å²) in [5.74, 6) is 0.771. The van der Waals surface area contributed by atoms with E-state index >= 15 is 0 Å². The van der Waals surface area contributed by atoms with E-state index in [0.29, 0.717) is 5.65 Å². The summed E-state index contributed by atoms with van der Waals surface area (Å²) < 4.78 is 0. The van der Waals surface area contributed by atoms with E-state index in [-0.39, 0.29) is 5.56 Å². The zero-order chi connectivity index (χ0) is 20.7. The summed E-state index contributed by atoms with van der Waals surface area (Å²) in [5, 5.41) is 1.12. The molecule has 30 heavy (non-hydrogen) atoms. The Hall–Kier alpha value is -3.64. The summed E-state index contributed by atoms with van der Waals surface area (Å²) in [5.41, 5.74) is 6.55. The van der Waals surface area contributed by atoms with Gasteiger partial charge in [-0.15, -0.1) is 0 Å². The van der Waals surface area contributed by atoms with Gasteiger partial charge in [0.1, 0.15) is 17.0 Å². The number of hydrogen-bond acceptors (Lipinski definition) is 3. The lowest BCUT2D eigenvalue weighted by molar-refractivity contribution is 0.319. The number of nitrogens with one attached hydrogen (secondary N) is 3. The second-order valence-electron chi connectivity index (χ2n) is 7.86. The fraction of sp³-hybridized carbons (Fsp3) is 0.167. The van der Waals surface area contributed by atoms with Gasteiger partial charge in [0.15, 0.2) is 0 Å². The molecule has 5 aromatic rings. The van der Waals surface area contributed by atoms with Crippen molar-refractivity contribution in [1.29, 1.82) is 0 Å². The fourth-order valence-corrected chi connectivity index (χ4v) is 4.03. The number of fused-ring (bicyclic) bond motifs is 2. The predicted molar refractivity (Wildman–Crippen MR) is 120 cm³/mol. The molecule has 0 aliphatic rings. The van der Waals surface area contributed by atoms with Gasteiger partial charge < -0.3 is 15.0 Å². The molecule has 0 atom stereocenters. The van der Waals surface area contributed by atoms with Gasteiger partial charge in [0.05, 0.1) is 0 Å². The fourth-order valence-electron chi connectivity index (χ4n) is 4.03. The molecule has 0 aliphatic heterocycles. The molecule has 5 rings (SSSR count). The van der Waals surface area contributed by atoms with Gasteiger partial charge >= 0.3 is 0 Å². The first-order valence-corrected chi connectivity index (χ1v) is 9.99. The smallest absolute Gasteiger partial charge is 0.250 e. The molecule has 3 N–H and O–H groups in total. The first-order valence-electron chi connectivity index (χ1n) is 9.99. The van der Waals surface area contributed by atoms with E-state index in [1.54, 1.807) is 6.07 Å². The van der Waals surface area contributed by atoms with Crippen LogP contribution in [0.4, 0.5) is 0 Å². The Morgan fingerprint density at radius 1 is 0.900 bits per heavy atom. The molecule has 0 radical (unpaired) electrons. The molecule has 0 aliphatic carbocycles. The van der Waals surface area contributed by atoms with Gasteiger partial charge in [0, 0.05) is 41.3 Å². The van der Waals surface area contributed by atoms with E-state index in [2.05, 4.69) is 80.4 Å². The van der Waals surface area contributed by atoms with Crippen molar-refractivity contribution in [3.63, 3.8) is 0 Å². The summed E-state index contributed by atoms with van der Waals surface area (Å²) in [6, 6.07) is 20.6. The van der Waals surface area contributed by atoms with Crippen LogP contribution < -0.4 is 5.56 Å². The molecule has 0 bridgehead atoms. The van der Waals surface area contributed by atoms with Gasteiger partial charge in [-0.05, 0) is 43.3 Å². The molecule has 6 nitrogen and oxygen atoms in total. The van der Waals surface area contributed by atoms with Crippen molar-refractivity contribution in [3.8, 4) is 11.3 Å². The second-order valence-corrected chi connectivity index (χ2v) is 7.86. The molecule has 2 aromatic carbocycles. The van der Waals surface area contributed by atoms with Crippen molar-refractivity contribution in [2.75, 3.05) is 7.05 Å². The number of aromatic nitrogens is 4. The molecule has 0 unspecified atom stereocenters. The Morgan fingerprint density at radius 2 is 1.70 bits per heavy atom. The van der Waals surface area contributed by atoms with Crippen LogP contribution in [-0.4, -0.2) is 31.9 Å². The molecule has 0 saturated heterocycles. The summed E-state index contributed by atoms with van der Waals surface area (Å²) in [6.45, 7) is 3.64. The Bertz CT molecular complexity index is 1390. The number of pyridine rings is 1. The van der Waals surface area contributed by atoms with E-state index in [1.165, 1.54) is 11.1 Å². The van der Waals surface area contributed by atoms with Crippen LogP contribution in [0.2, 0.25) is 0 Å². The number of H-pyrrole nitrogens is 3. The topological polar surface area (TPSA) is 80.6 Å². The predicted octanol–water partition coefficient (Wildman–Crippen LogP) is 4.34. The normalized spacial score (nSPS) is 11.7. The van der Waals surface area contributed by atoms with Crippen LogP contribution >= 0.6 is 0 Å². The molecular formula is C24H23N5O. The van der Waals surface area contributed by atoms with Crippen LogP contribution in [0.25, 0.3) is 33.3 Å². The first-order chi connectivity index (χ1) is 14.5. The molecule has 0 saturated carbocycles. The maximum Gasteiger partial charge on any atom is 0.250 e. The number of imidazole rings is 1. The Balaban J connectivity index is 1.45. The number of hydrogen-bond donors (Lipinski definition) is 3. The number of benzene rings is 2. The zero-order valence-electron chi connectivity index (χ0n) is 17.0. The SMILES string of the molecule is Cc1nc2c(-c3cc4cc(CN(C)Cc5ccccc5)ccc4[nH]3)cc(=O)[nH]c2[nH]1. The van der Waals surface area contributed by atoms with Crippen molar-refractivity contribution in [3.05, 3.63) is 88.0 Å². The average Bonchev–Trinajstić information content (AvgIpc) is 3.30. The van der Waals surface area contributed by atoms with Gasteiger partial charge in [0.2, 0.25) is 5.56 Å². The molecule has 150 valence electrons. The van der Waals surface area contributed by atoms with E-state index in [0.717, 1.165) is 46.6 Å². The lowest BCUT2D eigenvalue weighted by Crippen LogP contribution is -2.17. The first kappa shape index (κ1) is 18.4. The van der Waals surface area contributed by atoms with Crippen molar-refractivity contribution < 1.29 is 0 Å². The highest BCUT2D eigenvalue weighted by Gasteiger charge is 2.13. The maximum atomic E-state index is 12.1. The largest absolute Gasteiger partial charge is 0.354 e. The van der Waals surface area contributed by atoms with Gasteiger partial charge in [-0.1, -0.05) is 36.4 Å². The maximum absolute atomic E-state index is 12.1. The van der Waals surface area contributed by atoms with E-state index < -0.39 is 0 Å². The van der Waals surface area contributed by atoms with Crippen LogP contribution in [0.1, 0.15) is 17.0 Å². The Labute approximate surface area is 173 Å². The Kier molecular flexibility index (Phi) is 4.48. The molecule has 0 fully saturated rings. The quantitative estimate of drug-likeness (QED) is 0.413. The second kappa shape index (κ2) is 7.31. The molecule has 6 heteroatoms. The van der Waals surface area contributed by atoms with Crippen LogP contribution in [-0.2, 0) is 13.1 Å². The zero-order valence-corrected chi connectivity index (χ0v) is 17.0. The molecule has 3 heterocycles. The highest BCUT2D eigenvalue weighted by molar-refractivity contribution is 5.94. The number of aryl methyl sites for hydroxylation is 1. The lowest BCUT2D eigenvalue weighted by Gasteiger charge is -2.16. The summed E-state index contributed by atoms with van der Waals surface area (Å²) in [4.78, 5) is 28.3. The van der Waals surface area contributed by atoms with Gasteiger partial charge in [-0.25, -0.2) is 4.98 Å². The van der Waals surface area contributed by atoms with Gasteiger partial charge in [-0.2, -0.15) is 0 Å². The van der Waals surface area contributed by atoms with Crippen molar-refractivity contribution in [2.45, 2.75) is 20.0 Å². The van der Waals surface area contributed by atoms with Crippen molar-refractivity contribution in [2.24, 2.45) is 0 Å². The molecule has 0 amide bonds. The minimum atomic E-state index is -0.150. The molecule has 3 aromatic heterocycles. The third-order valence-corrected chi connectivity index (χ3v) is 5.32. The minimum Gasteiger partial charge on any atom is -0.354 e. The monoisotopic (exact) mass is 397 g/mol. The van der Waals surface area contributed by atoms with E-state index in [1.807, 2.05) is 13.0 Å². The number of aromatic amines is 3. The summed E-state index contributed by atoms with van der Waals surface area (Å²) in [7, 11) is 2.13. The molecule has 0 spiro atoms. The van der Waals surface area contributed by atoms with E-state index in [4.69, 9.17) is 0 Å². The van der Waals surface area contributed by atoms with Crippen molar-refractivity contribution >= 4 is 22.1 Å². The number of rotatable bonds is 5. The van der Waals surface area contributed by atoms with E-state index in [9.17, 15) is 4.79 Å². The minimum absolute atomic E-state index is 0.150. The van der Waals surface area contributed by atoms with Crippen LogP contribution in [0.3, 0.4) is 0 Å². The van der Waals surface area contributed by atoms with Crippen LogP contribution in [0, 0.1) is 6.92 Å². The average molecular weight is 397 g/mol.